The molecular weight excluding hydrogens is 480 g/mol. The SMILES string of the molecule is COc1ccc(C2=NN3[C@H](C2)c2cc(Cl)ccc2O[C@H]3C(=O)c2ccc(Br)cc2)cc1. The Morgan fingerprint density at radius 3 is 2.58 bits per heavy atom. The van der Waals surface area contributed by atoms with Crippen LogP contribution in [0.25, 0.3) is 0 Å². The fraction of sp³-hybridized carbons (Fsp3) is 0.167. The normalized spacial score (nSPS) is 19.2. The number of hydrogen-bond donors (Lipinski definition) is 0. The first kappa shape index (κ1) is 20.1. The van der Waals surface area contributed by atoms with Crippen molar-refractivity contribution in [3.8, 4) is 11.5 Å². The second-order valence-electron chi connectivity index (χ2n) is 7.40. The van der Waals surface area contributed by atoms with Gasteiger partial charge in [-0.3, -0.25) is 4.79 Å². The van der Waals surface area contributed by atoms with E-state index in [9.17, 15) is 4.79 Å². The minimum atomic E-state index is -0.851. The van der Waals surface area contributed by atoms with E-state index < -0.39 is 6.23 Å². The van der Waals surface area contributed by atoms with Gasteiger partial charge in [-0.15, -0.1) is 0 Å². The van der Waals surface area contributed by atoms with Gasteiger partial charge >= 0.3 is 0 Å². The molecule has 0 spiro atoms. The summed E-state index contributed by atoms with van der Waals surface area (Å²) in [4.78, 5) is 13.4. The number of hydrogen-bond acceptors (Lipinski definition) is 5. The Bertz CT molecular complexity index is 1180. The van der Waals surface area contributed by atoms with Gasteiger partial charge in [-0.25, -0.2) is 5.01 Å². The third-order valence-electron chi connectivity index (χ3n) is 5.53. The fourth-order valence-corrected chi connectivity index (χ4v) is 4.39. The Morgan fingerprint density at radius 1 is 1.13 bits per heavy atom. The number of ketones is 1. The van der Waals surface area contributed by atoms with Crippen molar-refractivity contribution in [2.75, 3.05) is 7.11 Å². The highest BCUT2D eigenvalue weighted by Crippen LogP contribution is 2.44. The third-order valence-corrected chi connectivity index (χ3v) is 6.29. The van der Waals surface area contributed by atoms with E-state index in [1.165, 1.54) is 0 Å². The highest BCUT2D eigenvalue weighted by Gasteiger charge is 2.43. The van der Waals surface area contributed by atoms with E-state index in [0.29, 0.717) is 22.8 Å². The molecule has 0 saturated heterocycles. The second kappa shape index (κ2) is 8.02. The molecule has 2 aliphatic rings. The molecule has 0 aliphatic carbocycles. The average Bonchev–Trinajstić information content (AvgIpc) is 3.24. The van der Waals surface area contributed by atoms with Gasteiger partial charge in [0.25, 0.3) is 6.23 Å². The van der Waals surface area contributed by atoms with Crippen LogP contribution in [0.5, 0.6) is 11.5 Å². The molecule has 7 heteroatoms. The Balaban J connectivity index is 1.55. The zero-order chi connectivity index (χ0) is 21.5. The first-order valence-electron chi connectivity index (χ1n) is 9.79. The lowest BCUT2D eigenvalue weighted by molar-refractivity contribution is -0.00455. The molecule has 0 fully saturated rings. The molecular formula is C24H18BrClN2O3. The summed E-state index contributed by atoms with van der Waals surface area (Å²) < 4.78 is 12.3. The van der Waals surface area contributed by atoms with Crippen LogP contribution in [0.1, 0.15) is 33.9 Å². The lowest BCUT2D eigenvalue weighted by Gasteiger charge is -2.37. The maximum Gasteiger partial charge on any atom is 0.251 e. The Morgan fingerprint density at radius 2 is 1.87 bits per heavy atom. The van der Waals surface area contributed by atoms with Crippen LogP contribution in [0, 0.1) is 0 Å². The third kappa shape index (κ3) is 3.70. The lowest BCUT2D eigenvalue weighted by atomic mass is 9.95. The van der Waals surface area contributed by atoms with Gasteiger partial charge in [0, 0.05) is 27.0 Å². The van der Waals surface area contributed by atoms with Crippen LogP contribution in [0.3, 0.4) is 0 Å². The van der Waals surface area contributed by atoms with Crippen molar-refractivity contribution < 1.29 is 14.3 Å². The van der Waals surface area contributed by atoms with Gasteiger partial charge in [-0.05, 0) is 60.2 Å². The summed E-state index contributed by atoms with van der Waals surface area (Å²) in [6.07, 6.45) is -0.205. The van der Waals surface area contributed by atoms with Crippen LogP contribution in [0.4, 0.5) is 0 Å². The number of Topliss-reactive ketones (excluding diaryl/α,β-unsaturated/α-hetero) is 1. The first-order chi connectivity index (χ1) is 15.0. The van der Waals surface area contributed by atoms with Crippen LogP contribution in [0.15, 0.2) is 76.3 Å². The predicted octanol–water partition coefficient (Wildman–Crippen LogP) is 5.86. The Kier molecular flexibility index (Phi) is 5.20. The number of hydrazone groups is 1. The topological polar surface area (TPSA) is 51.1 Å². The Hall–Kier alpha value is -2.83. The second-order valence-corrected chi connectivity index (χ2v) is 8.75. The monoisotopic (exact) mass is 496 g/mol. The van der Waals surface area contributed by atoms with Crippen molar-refractivity contribution in [3.63, 3.8) is 0 Å². The molecule has 0 aromatic heterocycles. The number of halogens is 2. The minimum absolute atomic E-state index is 0.135. The molecule has 156 valence electrons. The van der Waals surface area contributed by atoms with E-state index in [1.807, 2.05) is 48.5 Å². The van der Waals surface area contributed by atoms with E-state index in [-0.39, 0.29) is 11.8 Å². The van der Waals surface area contributed by atoms with Gasteiger partial charge in [-0.1, -0.05) is 39.7 Å². The van der Waals surface area contributed by atoms with Crippen molar-refractivity contribution in [2.45, 2.75) is 18.7 Å². The Labute approximate surface area is 193 Å². The zero-order valence-corrected chi connectivity index (χ0v) is 18.9. The molecule has 0 amide bonds. The molecule has 0 N–H and O–H groups in total. The largest absolute Gasteiger partial charge is 0.497 e. The fourth-order valence-electron chi connectivity index (χ4n) is 3.95. The van der Waals surface area contributed by atoms with Gasteiger partial charge in [0.05, 0.1) is 18.9 Å². The maximum absolute atomic E-state index is 13.4. The summed E-state index contributed by atoms with van der Waals surface area (Å²) >= 11 is 9.68. The summed E-state index contributed by atoms with van der Waals surface area (Å²) in [5.74, 6) is 1.30. The number of carbonyl (C=O) groups is 1. The van der Waals surface area contributed by atoms with E-state index in [0.717, 1.165) is 27.1 Å². The van der Waals surface area contributed by atoms with Crippen molar-refractivity contribution in [3.05, 3.63) is 92.9 Å². The molecule has 2 heterocycles. The molecule has 3 aromatic rings. The number of methoxy groups -OCH3 is 1. The highest BCUT2D eigenvalue weighted by molar-refractivity contribution is 9.10. The van der Waals surface area contributed by atoms with Crippen molar-refractivity contribution >= 4 is 39.0 Å². The molecule has 0 saturated carbocycles. The molecule has 3 aromatic carbocycles. The summed E-state index contributed by atoms with van der Waals surface area (Å²) in [5, 5.41) is 7.21. The van der Waals surface area contributed by atoms with Gasteiger partial charge in [0.2, 0.25) is 5.78 Å². The van der Waals surface area contributed by atoms with E-state index in [1.54, 1.807) is 30.3 Å². The quantitative estimate of drug-likeness (QED) is 0.424. The number of rotatable bonds is 4. The predicted molar refractivity (Wildman–Crippen MR) is 123 cm³/mol. The smallest absolute Gasteiger partial charge is 0.251 e. The van der Waals surface area contributed by atoms with Crippen LogP contribution in [0.2, 0.25) is 5.02 Å². The van der Waals surface area contributed by atoms with Gasteiger partial charge < -0.3 is 9.47 Å². The average molecular weight is 498 g/mol. The van der Waals surface area contributed by atoms with Crippen LogP contribution >= 0.6 is 27.5 Å². The summed E-state index contributed by atoms with van der Waals surface area (Å²) in [6.45, 7) is 0. The number of carbonyl (C=O) groups excluding carboxylic acids is 1. The number of nitrogens with zero attached hydrogens (tertiary/aromatic N) is 2. The van der Waals surface area contributed by atoms with Gasteiger partial charge in [0.15, 0.2) is 0 Å². The number of ether oxygens (including phenoxy) is 2. The molecule has 2 aliphatic heterocycles. The molecule has 0 bridgehead atoms. The lowest BCUT2D eigenvalue weighted by Crippen LogP contribution is -2.45. The van der Waals surface area contributed by atoms with Crippen molar-refractivity contribution in [1.29, 1.82) is 0 Å². The maximum atomic E-state index is 13.4. The number of fused-ring (bicyclic) bond motifs is 3. The van der Waals surface area contributed by atoms with E-state index in [4.69, 9.17) is 26.2 Å². The standard InChI is InChI=1S/C24H18BrClN2O3/c1-30-18-9-4-14(5-10-18)20-13-21-19-12-17(26)8-11-22(19)31-24(28(21)27-20)23(29)15-2-6-16(25)7-3-15/h2-12,21,24H,13H2,1H3/t21-,24+/m1/s1. The molecule has 5 rings (SSSR count). The van der Waals surface area contributed by atoms with Crippen LogP contribution in [-0.2, 0) is 0 Å². The van der Waals surface area contributed by atoms with Crippen molar-refractivity contribution in [2.24, 2.45) is 5.10 Å². The minimum Gasteiger partial charge on any atom is -0.497 e. The molecule has 2 atom stereocenters. The van der Waals surface area contributed by atoms with E-state index in [2.05, 4.69) is 15.9 Å². The molecule has 5 nitrogen and oxygen atoms in total. The van der Waals surface area contributed by atoms with Gasteiger partial charge in [-0.2, -0.15) is 5.10 Å². The van der Waals surface area contributed by atoms with E-state index >= 15 is 0 Å². The number of benzene rings is 3. The van der Waals surface area contributed by atoms with Gasteiger partial charge in [0.1, 0.15) is 11.5 Å². The zero-order valence-electron chi connectivity index (χ0n) is 16.6. The summed E-state index contributed by atoms with van der Waals surface area (Å²) in [5.41, 5.74) is 3.36. The summed E-state index contributed by atoms with van der Waals surface area (Å²) in [6, 6.07) is 20.4. The van der Waals surface area contributed by atoms with Crippen LogP contribution in [-0.4, -0.2) is 29.8 Å². The first-order valence-corrected chi connectivity index (χ1v) is 11.0. The van der Waals surface area contributed by atoms with Crippen molar-refractivity contribution in [1.82, 2.24) is 5.01 Å². The molecule has 31 heavy (non-hydrogen) atoms. The molecule has 0 unspecified atom stereocenters. The summed E-state index contributed by atoms with van der Waals surface area (Å²) in [7, 11) is 1.64. The molecule has 0 radical (unpaired) electrons. The van der Waals surface area contributed by atoms with Crippen LogP contribution < -0.4 is 9.47 Å². The highest BCUT2D eigenvalue weighted by atomic mass is 79.9.